The van der Waals surface area contributed by atoms with Gasteiger partial charge in [-0.15, -0.1) is 0 Å². The minimum atomic E-state index is 0.250. The van der Waals surface area contributed by atoms with Crippen molar-refractivity contribution in [1.82, 2.24) is 15.4 Å². The van der Waals surface area contributed by atoms with Gasteiger partial charge < -0.3 is 0 Å². The van der Waals surface area contributed by atoms with Crippen LogP contribution in [-0.2, 0) is 0 Å². The summed E-state index contributed by atoms with van der Waals surface area (Å²) in [5.41, 5.74) is 7.39. The van der Waals surface area contributed by atoms with E-state index in [-0.39, 0.29) is 6.04 Å². The number of nitrogens with two attached hydrogens (primary N) is 1. The average Bonchev–Trinajstić information content (AvgIpc) is 2.73. The quantitative estimate of drug-likeness (QED) is 0.470. The second-order valence-corrected chi connectivity index (χ2v) is 7.97. The molecule has 2 atom stereocenters. The highest BCUT2D eigenvalue weighted by Crippen LogP contribution is 2.35. The van der Waals surface area contributed by atoms with Crippen molar-refractivity contribution >= 4 is 34.7 Å². The van der Waals surface area contributed by atoms with Crippen LogP contribution in [0, 0.1) is 6.92 Å². The average molecular weight is 393 g/mol. The number of fused-ring (bicyclic) bond motifs is 1. The number of aromatic nitrogens is 2. The Morgan fingerprint density at radius 1 is 1.04 bits per heavy atom. The maximum Gasteiger partial charge on any atom is 0.152 e. The fourth-order valence-electron chi connectivity index (χ4n) is 4.04. The second-order valence-electron chi connectivity index (χ2n) is 7.54. The fourth-order valence-corrected chi connectivity index (χ4v) is 4.17. The summed E-state index contributed by atoms with van der Waals surface area (Å²) in [6.07, 6.45) is 8.57. The van der Waals surface area contributed by atoms with Gasteiger partial charge in [0.25, 0.3) is 0 Å². The molecule has 3 aromatic rings. The van der Waals surface area contributed by atoms with E-state index in [1.54, 1.807) is 0 Å². The molecule has 0 aliphatic heterocycles. The Bertz CT molecular complexity index is 997. The third-order valence-corrected chi connectivity index (χ3v) is 5.78. The highest BCUT2D eigenvalue weighted by molar-refractivity contribution is 6.30. The molecule has 1 fully saturated rings. The Morgan fingerprint density at radius 2 is 1.82 bits per heavy atom. The molecule has 0 bridgehead atoms. The van der Waals surface area contributed by atoms with Gasteiger partial charge in [-0.1, -0.05) is 54.3 Å². The highest BCUT2D eigenvalue weighted by atomic mass is 35.5. The Hall–Kier alpha value is -2.27. The van der Waals surface area contributed by atoms with E-state index in [9.17, 15) is 0 Å². The zero-order valence-corrected chi connectivity index (χ0v) is 16.8. The normalized spacial score (nSPS) is 20.1. The zero-order valence-electron chi connectivity index (χ0n) is 16.0. The third kappa shape index (κ3) is 4.09. The molecule has 1 aliphatic carbocycles. The Morgan fingerprint density at radius 3 is 2.61 bits per heavy atom. The van der Waals surface area contributed by atoms with Crippen LogP contribution in [0.3, 0.4) is 0 Å². The number of hydrazine groups is 1. The summed E-state index contributed by atoms with van der Waals surface area (Å²) in [5.74, 6) is 6.90. The molecule has 1 aliphatic rings. The van der Waals surface area contributed by atoms with Crippen molar-refractivity contribution in [2.75, 3.05) is 0 Å². The number of rotatable bonds is 4. The van der Waals surface area contributed by atoms with Crippen molar-refractivity contribution in [3.63, 3.8) is 0 Å². The molecule has 2 unspecified atom stereocenters. The first-order valence-electron chi connectivity index (χ1n) is 9.82. The molecule has 5 heteroatoms. The minimum absolute atomic E-state index is 0.250. The summed E-state index contributed by atoms with van der Waals surface area (Å²) >= 11 is 5.98. The van der Waals surface area contributed by atoms with Crippen molar-refractivity contribution in [3.05, 3.63) is 70.1 Å². The van der Waals surface area contributed by atoms with Crippen LogP contribution in [0.1, 0.15) is 54.2 Å². The molecule has 2 aromatic carbocycles. The summed E-state index contributed by atoms with van der Waals surface area (Å²) in [5, 5.41) is 1.87. The van der Waals surface area contributed by atoms with E-state index in [1.807, 2.05) is 36.4 Å². The molecule has 0 spiro atoms. The van der Waals surface area contributed by atoms with E-state index in [4.69, 9.17) is 27.4 Å². The van der Waals surface area contributed by atoms with Crippen molar-refractivity contribution in [3.8, 4) is 0 Å². The van der Waals surface area contributed by atoms with E-state index >= 15 is 0 Å². The lowest BCUT2D eigenvalue weighted by Crippen LogP contribution is -2.41. The van der Waals surface area contributed by atoms with E-state index in [0.29, 0.717) is 5.92 Å². The summed E-state index contributed by atoms with van der Waals surface area (Å²) in [6.45, 7) is 2.11. The van der Waals surface area contributed by atoms with Crippen molar-refractivity contribution in [2.45, 2.75) is 44.6 Å². The molecule has 4 rings (SSSR count). The van der Waals surface area contributed by atoms with E-state index in [2.05, 4.69) is 30.5 Å². The standard InChI is InChI=1S/C23H25ClN4/c1-15-6-12-20-19(14-15)23(18-4-2-3-5-21(18)28-25)27-22(26-20)13-9-16-7-10-17(24)11-8-16/h6-14,18,21,28H,2-5,25H2,1H3/b13-9-. The molecule has 1 heterocycles. The summed E-state index contributed by atoms with van der Waals surface area (Å²) in [6, 6.07) is 14.4. The molecule has 1 aromatic heterocycles. The summed E-state index contributed by atoms with van der Waals surface area (Å²) < 4.78 is 0. The SMILES string of the molecule is Cc1ccc2nc(/C=C\c3ccc(Cl)cc3)nc(C3CCCCC3NN)c2c1. The molecule has 4 nitrogen and oxygen atoms in total. The van der Waals surface area contributed by atoms with Gasteiger partial charge in [0, 0.05) is 22.4 Å². The van der Waals surface area contributed by atoms with Crippen LogP contribution in [0.15, 0.2) is 42.5 Å². The molecule has 28 heavy (non-hydrogen) atoms. The lowest BCUT2D eigenvalue weighted by Gasteiger charge is -2.31. The van der Waals surface area contributed by atoms with Crippen LogP contribution in [0.2, 0.25) is 5.02 Å². The number of nitrogens with one attached hydrogen (secondary N) is 1. The minimum Gasteiger partial charge on any atom is -0.271 e. The van der Waals surface area contributed by atoms with E-state index in [0.717, 1.165) is 45.8 Å². The number of halogens is 1. The third-order valence-electron chi connectivity index (χ3n) is 5.52. The zero-order chi connectivity index (χ0) is 19.5. The smallest absolute Gasteiger partial charge is 0.152 e. The lowest BCUT2D eigenvalue weighted by atomic mass is 9.81. The van der Waals surface area contributed by atoms with Gasteiger partial charge in [0.1, 0.15) is 0 Å². The number of benzene rings is 2. The summed E-state index contributed by atoms with van der Waals surface area (Å²) in [7, 11) is 0. The van der Waals surface area contributed by atoms with Gasteiger partial charge in [-0.3, -0.25) is 11.3 Å². The molecule has 0 saturated heterocycles. The maximum absolute atomic E-state index is 5.98. The van der Waals surface area contributed by atoms with Crippen molar-refractivity contribution in [1.29, 1.82) is 0 Å². The predicted octanol–water partition coefficient (Wildman–Crippen LogP) is 5.25. The van der Waals surface area contributed by atoms with Gasteiger partial charge in [-0.25, -0.2) is 9.97 Å². The highest BCUT2D eigenvalue weighted by Gasteiger charge is 2.28. The largest absolute Gasteiger partial charge is 0.271 e. The Balaban J connectivity index is 1.78. The van der Waals surface area contributed by atoms with Crippen LogP contribution in [0.25, 0.3) is 23.1 Å². The predicted molar refractivity (Wildman–Crippen MR) is 117 cm³/mol. The first-order valence-corrected chi connectivity index (χ1v) is 10.2. The maximum atomic E-state index is 5.98. The molecular formula is C23H25ClN4. The molecule has 0 radical (unpaired) electrons. The van der Waals surface area contributed by atoms with Crippen LogP contribution in [0.5, 0.6) is 0 Å². The molecular weight excluding hydrogens is 368 g/mol. The first-order chi connectivity index (χ1) is 13.6. The number of nitrogens with zero attached hydrogens (tertiary/aromatic N) is 2. The van der Waals surface area contributed by atoms with Gasteiger partial charge in [-0.05, 0) is 55.7 Å². The lowest BCUT2D eigenvalue weighted by molar-refractivity contribution is 0.328. The van der Waals surface area contributed by atoms with Gasteiger partial charge in [0.05, 0.1) is 11.2 Å². The van der Waals surface area contributed by atoms with E-state index < -0.39 is 0 Å². The fraction of sp³-hybridized carbons (Fsp3) is 0.304. The van der Waals surface area contributed by atoms with Crippen LogP contribution < -0.4 is 11.3 Å². The topological polar surface area (TPSA) is 63.8 Å². The van der Waals surface area contributed by atoms with Crippen LogP contribution >= 0.6 is 11.6 Å². The number of hydrogen-bond acceptors (Lipinski definition) is 4. The van der Waals surface area contributed by atoms with Crippen molar-refractivity contribution in [2.24, 2.45) is 5.84 Å². The van der Waals surface area contributed by atoms with Gasteiger partial charge in [0.15, 0.2) is 5.82 Å². The van der Waals surface area contributed by atoms with Gasteiger partial charge in [0.2, 0.25) is 0 Å². The molecule has 144 valence electrons. The van der Waals surface area contributed by atoms with Crippen LogP contribution in [0.4, 0.5) is 0 Å². The van der Waals surface area contributed by atoms with E-state index in [1.165, 1.54) is 18.4 Å². The number of hydrogen-bond donors (Lipinski definition) is 2. The molecule has 1 saturated carbocycles. The Labute approximate surface area is 170 Å². The van der Waals surface area contributed by atoms with Gasteiger partial charge in [-0.2, -0.15) is 0 Å². The van der Waals surface area contributed by atoms with Gasteiger partial charge >= 0.3 is 0 Å². The molecule has 3 N–H and O–H groups in total. The van der Waals surface area contributed by atoms with Crippen molar-refractivity contribution < 1.29 is 0 Å². The first kappa shape index (κ1) is 19.1. The molecule has 0 amide bonds. The second kappa shape index (κ2) is 8.39. The van der Waals surface area contributed by atoms with Crippen LogP contribution in [-0.4, -0.2) is 16.0 Å². The summed E-state index contributed by atoms with van der Waals surface area (Å²) in [4.78, 5) is 9.76. The monoisotopic (exact) mass is 392 g/mol. The number of aryl methyl sites for hydroxylation is 1. The Kier molecular flexibility index (Phi) is 5.72.